The summed E-state index contributed by atoms with van der Waals surface area (Å²) in [6, 6.07) is 4.73. The molecule has 0 aliphatic carbocycles. The standard InChI is InChI=1S/C12H10O6/c1-16-7-5-3-4-6-8(7)9(17-2)10(11(13)14)18-12(6)15/h3-5H,1-2H3,(H,13,14). The van der Waals surface area contributed by atoms with Gasteiger partial charge in [-0.1, -0.05) is 6.07 Å². The Bertz CT molecular complexity index is 670. The van der Waals surface area contributed by atoms with Crippen LogP contribution in [0.5, 0.6) is 11.5 Å². The van der Waals surface area contributed by atoms with E-state index >= 15 is 0 Å². The highest BCUT2D eigenvalue weighted by molar-refractivity contribution is 6.00. The van der Waals surface area contributed by atoms with Crippen LogP contribution in [0.25, 0.3) is 10.8 Å². The molecule has 1 heterocycles. The molecule has 94 valence electrons. The van der Waals surface area contributed by atoms with E-state index in [1.165, 1.54) is 20.3 Å². The molecule has 0 spiro atoms. The molecule has 0 unspecified atom stereocenters. The van der Waals surface area contributed by atoms with Crippen LogP contribution in [0.1, 0.15) is 10.6 Å². The van der Waals surface area contributed by atoms with E-state index < -0.39 is 17.4 Å². The van der Waals surface area contributed by atoms with Gasteiger partial charge in [-0.25, -0.2) is 9.59 Å². The average Bonchev–Trinajstić information content (AvgIpc) is 2.37. The number of fused-ring (bicyclic) bond motifs is 1. The van der Waals surface area contributed by atoms with Crippen molar-refractivity contribution in [3.63, 3.8) is 0 Å². The third-order valence-electron chi connectivity index (χ3n) is 2.49. The lowest BCUT2D eigenvalue weighted by Gasteiger charge is -2.10. The van der Waals surface area contributed by atoms with Crippen molar-refractivity contribution in [1.82, 2.24) is 0 Å². The topological polar surface area (TPSA) is 86.0 Å². The number of ether oxygens (including phenoxy) is 2. The molecule has 6 heteroatoms. The molecule has 1 N–H and O–H groups in total. The van der Waals surface area contributed by atoms with Crippen LogP contribution < -0.4 is 15.1 Å². The van der Waals surface area contributed by atoms with Crippen molar-refractivity contribution < 1.29 is 23.8 Å². The van der Waals surface area contributed by atoms with E-state index in [0.717, 1.165) is 0 Å². The zero-order valence-corrected chi connectivity index (χ0v) is 9.72. The molecular weight excluding hydrogens is 240 g/mol. The second kappa shape index (κ2) is 4.40. The quantitative estimate of drug-likeness (QED) is 0.888. The number of hydrogen-bond acceptors (Lipinski definition) is 5. The predicted molar refractivity (Wildman–Crippen MR) is 62.5 cm³/mol. The SMILES string of the molecule is COc1cccc2c(=O)oc(C(=O)O)c(OC)c12. The average molecular weight is 250 g/mol. The van der Waals surface area contributed by atoms with Crippen molar-refractivity contribution in [2.75, 3.05) is 14.2 Å². The maximum atomic E-state index is 11.7. The highest BCUT2D eigenvalue weighted by Gasteiger charge is 2.22. The lowest BCUT2D eigenvalue weighted by molar-refractivity contribution is 0.0652. The third kappa shape index (κ3) is 1.67. The summed E-state index contributed by atoms with van der Waals surface area (Å²) in [7, 11) is 2.72. The fraction of sp³-hybridized carbons (Fsp3) is 0.167. The fourth-order valence-electron chi connectivity index (χ4n) is 1.75. The molecule has 6 nitrogen and oxygen atoms in total. The van der Waals surface area contributed by atoms with Crippen LogP contribution in [0.4, 0.5) is 0 Å². The number of aromatic carboxylic acids is 1. The normalized spacial score (nSPS) is 10.3. The maximum absolute atomic E-state index is 11.7. The van der Waals surface area contributed by atoms with Crippen LogP contribution in [-0.4, -0.2) is 25.3 Å². The van der Waals surface area contributed by atoms with Crippen LogP contribution in [0, 0.1) is 0 Å². The Balaban J connectivity index is 3.02. The van der Waals surface area contributed by atoms with Gasteiger partial charge in [0, 0.05) is 0 Å². The van der Waals surface area contributed by atoms with Gasteiger partial charge in [-0.3, -0.25) is 0 Å². The molecule has 0 fully saturated rings. The van der Waals surface area contributed by atoms with E-state index in [0.29, 0.717) is 5.75 Å². The van der Waals surface area contributed by atoms with Crippen molar-refractivity contribution in [2.24, 2.45) is 0 Å². The highest BCUT2D eigenvalue weighted by atomic mass is 16.5. The first-order valence-corrected chi connectivity index (χ1v) is 5.01. The van der Waals surface area contributed by atoms with Gasteiger partial charge in [-0.05, 0) is 12.1 Å². The molecule has 0 aliphatic rings. The van der Waals surface area contributed by atoms with Crippen LogP contribution >= 0.6 is 0 Å². The lowest BCUT2D eigenvalue weighted by atomic mass is 10.1. The molecule has 2 aromatic rings. The van der Waals surface area contributed by atoms with E-state index in [1.807, 2.05) is 0 Å². The van der Waals surface area contributed by atoms with Crippen LogP contribution in [0.2, 0.25) is 0 Å². The third-order valence-corrected chi connectivity index (χ3v) is 2.49. The molecule has 1 aromatic heterocycles. The molecule has 0 saturated heterocycles. The monoisotopic (exact) mass is 250 g/mol. The van der Waals surface area contributed by atoms with Gasteiger partial charge in [-0.2, -0.15) is 0 Å². The summed E-state index contributed by atoms with van der Waals surface area (Å²) in [5, 5.41) is 9.48. The van der Waals surface area contributed by atoms with Gasteiger partial charge in [0.05, 0.1) is 25.0 Å². The van der Waals surface area contributed by atoms with Gasteiger partial charge in [0.15, 0.2) is 5.75 Å². The predicted octanol–water partition coefficient (Wildman–Crippen LogP) is 1.51. The number of carboxylic acid groups (broad SMARTS) is 1. The Hall–Kier alpha value is -2.50. The number of hydrogen-bond donors (Lipinski definition) is 1. The second-order valence-corrected chi connectivity index (χ2v) is 3.44. The summed E-state index contributed by atoms with van der Waals surface area (Å²) < 4.78 is 14.9. The van der Waals surface area contributed by atoms with Gasteiger partial charge >= 0.3 is 11.6 Å². The van der Waals surface area contributed by atoms with E-state index in [4.69, 9.17) is 19.0 Å². The van der Waals surface area contributed by atoms with E-state index in [2.05, 4.69) is 0 Å². The first-order chi connectivity index (χ1) is 8.60. The number of rotatable bonds is 3. The van der Waals surface area contributed by atoms with E-state index in [-0.39, 0.29) is 16.5 Å². The summed E-state index contributed by atoms with van der Waals surface area (Å²) in [6.07, 6.45) is 0. The molecule has 1 aromatic carbocycles. The van der Waals surface area contributed by atoms with Crippen molar-refractivity contribution in [2.45, 2.75) is 0 Å². The molecule has 18 heavy (non-hydrogen) atoms. The smallest absolute Gasteiger partial charge is 0.375 e. The van der Waals surface area contributed by atoms with Crippen molar-refractivity contribution in [3.05, 3.63) is 34.4 Å². The molecule has 0 bridgehead atoms. The fourth-order valence-corrected chi connectivity index (χ4v) is 1.75. The van der Waals surface area contributed by atoms with Gasteiger partial charge in [0.25, 0.3) is 5.76 Å². The summed E-state index contributed by atoms with van der Waals surface area (Å²) in [4.78, 5) is 22.7. The molecule has 0 radical (unpaired) electrons. The Labute approximate surface area is 101 Å². The zero-order valence-electron chi connectivity index (χ0n) is 9.72. The largest absolute Gasteiger partial charge is 0.496 e. The summed E-state index contributed by atoms with van der Waals surface area (Å²) in [5.74, 6) is -1.61. The Morgan fingerprint density at radius 2 is 2.00 bits per heavy atom. The molecule has 2 rings (SSSR count). The molecule has 0 atom stereocenters. The zero-order chi connectivity index (χ0) is 13.3. The minimum absolute atomic E-state index is 0.0328. The van der Waals surface area contributed by atoms with Crippen LogP contribution in [0.15, 0.2) is 27.4 Å². The van der Waals surface area contributed by atoms with E-state index in [1.54, 1.807) is 12.1 Å². The number of carboxylic acids is 1. The first-order valence-electron chi connectivity index (χ1n) is 5.01. The second-order valence-electron chi connectivity index (χ2n) is 3.44. The minimum atomic E-state index is -1.38. The van der Waals surface area contributed by atoms with Crippen molar-refractivity contribution in [1.29, 1.82) is 0 Å². The highest BCUT2D eigenvalue weighted by Crippen LogP contribution is 2.34. The first kappa shape index (κ1) is 12.0. The Morgan fingerprint density at radius 1 is 1.28 bits per heavy atom. The van der Waals surface area contributed by atoms with Crippen molar-refractivity contribution in [3.8, 4) is 11.5 Å². The Kier molecular flexibility index (Phi) is 2.93. The van der Waals surface area contributed by atoms with Gasteiger partial charge in [0.1, 0.15) is 5.75 Å². The van der Waals surface area contributed by atoms with E-state index in [9.17, 15) is 9.59 Å². The summed E-state index contributed by atoms with van der Waals surface area (Å²) in [5.41, 5.74) is -0.748. The van der Waals surface area contributed by atoms with Crippen LogP contribution in [0.3, 0.4) is 0 Å². The number of methoxy groups -OCH3 is 2. The minimum Gasteiger partial charge on any atom is -0.496 e. The Morgan fingerprint density at radius 3 is 2.56 bits per heavy atom. The maximum Gasteiger partial charge on any atom is 0.375 e. The summed E-state index contributed by atoms with van der Waals surface area (Å²) >= 11 is 0. The molecule has 0 saturated carbocycles. The number of benzene rings is 1. The van der Waals surface area contributed by atoms with Gasteiger partial charge < -0.3 is 19.0 Å². The van der Waals surface area contributed by atoms with Gasteiger partial charge in [-0.15, -0.1) is 0 Å². The van der Waals surface area contributed by atoms with Crippen LogP contribution in [-0.2, 0) is 0 Å². The lowest BCUT2D eigenvalue weighted by Crippen LogP contribution is -2.10. The molecule has 0 aliphatic heterocycles. The summed E-state index contributed by atoms with van der Waals surface area (Å²) in [6.45, 7) is 0. The van der Waals surface area contributed by atoms with Gasteiger partial charge in [0.2, 0.25) is 0 Å². The molecular formula is C12H10O6. The molecule has 0 amide bonds. The van der Waals surface area contributed by atoms with Crippen molar-refractivity contribution >= 4 is 16.7 Å². The number of carbonyl (C=O) groups is 1.